The van der Waals surface area contributed by atoms with E-state index in [-0.39, 0.29) is 0 Å². The Morgan fingerprint density at radius 2 is 1.95 bits per heavy atom. The Hall–Kier alpha value is -0.820. The highest BCUT2D eigenvalue weighted by Gasteiger charge is 2.40. The van der Waals surface area contributed by atoms with Crippen molar-refractivity contribution in [1.29, 1.82) is 0 Å². The van der Waals surface area contributed by atoms with Gasteiger partial charge in [-0.25, -0.2) is 0 Å². The molecule has 3 aliphatic rings. The van der Waals surface area contributed by atoms with Crippen LogP contribution in [0.2, 0.25) is 0 Å². The van der Waals surface area contributed by atoms with Gasteiger partial charge in [0.05, 0.1) is 0 Å². The molecule has 0 radical (unpaired) electrons. The van der Waals surface area contributed by atoms with Crippen molar-refractivity contribution in [3.8, 4) is 0 Å². The van der Waals surface area contributed by atoms with Crippen LogP contribution >= 0.6 is 0 Å². The maximum Gasteiger partial charge on any atom is 0.0323 e. The molecule has 1 nitrogen and oxygen atoms in total. The molecule has 2 bridgehead atoms. The summed E-state index contributed by atoms with van der Waals surface area (Å²) in [4.78, 5) is 0. The summed E-state index contributed by atoms with van der Waals surface area (Å²) in [7, 11) is 2.16. The Kier molecular flexibility index (Phi) is 3.79. The Morgan fingerprint density at radius 3 is 2.57 bits per heavy atom. The van der Waals surface area contributed by atoms with E-state index in [1.807, 2.05) is 0 Å². The van der Waals surface area contributed by atoms with Crippen LogP contribution in [-0.2, 0) is 0 Å². The van der Waals surface area contributed by atoms with E-state index < -0.39 is 0 Å². The molecular weight excluding hydrogens is 254 g/mol. The number of nitrogens with one attached hydrogen (secondary N) is 1. The van der Waals surface area contributed by atoms with Crippen LogP contribution in [0.4, 0.5) is 0 Å². The molecule has 4 rings (SSSR count). The van der Waals surface area contributed by atoms with Gasteiger partial charge in [-0.1, -0.05) is 37.1 Å². The lowest BCUT2D eigenvalue weighted by Crippen LogP contribution is -2.25. The van der Waals surface area contributed by atoms with E-state index in [0.29, 0.717) is 6.04 Å². The summed E-state index contributed by atoms with van der Waals surface area (Å²) in [5.41, 5.74) is 3.25. The van der Waals surface area contributed by atoms with E-state index in [1.54, 1.807) is 11.1 Å². The minimum atomic E-state index is 0.575. The van der Waals surface area contributed by atoms with Gasteiger partial charge >= 0.3 is 0 Å². The number of hydrogen-bond donors (Lipinski definition) is 1. The molecule has 0 aromatic heterocycles. The summed E-state index contributed by atoms with van der Waals surface area (Å²) in [5, 5.41) is 3.65. The molecule has 0 spiro atoms. The minimum Gasteiger partial charge on any atom is -0.313 e. The lowest BCUT2D eigenvalue weighted by atomic mass is 9.75. The van der Waals surface area contributed by atoms with E-state index in [9.17, 15) is 0 Å². The first-order valence-corrected chi connectivity index (χ1v) is 9.11. The van der Waals surface area contributed by atoms with Crippen LogP contribution in [0.5, 0.6) is 0 Å². The fraction of sp³-hybridized carbons (Fsp3) is 0.700. The van der Waals surface area contributed by atoms with Gasteiger partial charge in [0.1, 0.15) is 0 Å². The number of benzene rings is 1. The molecule has 0 amide bonds. The third-order valence-electron chi connectivity index (χ3n) is 6.69. The normalized spacial score (nSPS) is 33.1. The van der Waals surface area contributed by atoms with E-state index in [4.69, 9.17) is 0 Å². The van der Waals surface area contributed by atoms with Crippen molar-refractivity contribution >= 4 is 0 Å². The first-order chi connectivity index (χ1) is 10.3. The van der Waals surface area contributed by atoms with E-state index in [2.05, 4.69) is 36.6 Å². The van der Waals surface area contributed by atoms with E-state index >= 15 is 0 Å². The zero-order chi connectivity index (χ0) is 14.2. The molecule has 21 heavy (non-hydrogen) atoms. The van der Waals surface area contributed by atoms with Gasteiger partial charge in [-0.05, 0) is 80.4 Å². The fourth-order valence-electron chi connectivity index (χ4n) is 5.29. The van der Waals surface area contributed by atoms with Gasteiger partial charge in [0.2, 0.25) is 0 Å². The Labute approximate surface area is 129 Å². The molecule has 4 unspecified atom stereocenters. The number of rotatable bonds is 5. The van der Waals surface area contributed by atoms with Crippen LogP contribution in [0, 0.1) is 17.8 Å². The Morgan fingerprint density at radius 1 is 1.10 bits per heavy atom. The monoisotopic (exact) mass is 283 g/mol. The van der Waals surface area contributed by atoms with Gasteiger partial charge in [0.25, 0.3) is 0 Å². The summed E-state index contributed by atoms with van der Waals surface area (Å²) >= 11 is 0. The first-order valence-electron chi connectivity index (χ1n) is 9.11. The summed E-state index contributed by atoms with van der Waals surface area (Å²) in [6.45, 7) is 0. The lowest BCUT2D eigenvalue weighted by molar-refractivity contribution is 0.282. The average Bonchev–Trinajstić information content (AvgIpc) is 3.06. The lowest BCUT2D eigenvalue weighted by Gasteiger charge is -2.32. The van der Waals surface area contributed by atoms with Crippen molar-refractivity contribution in [1.82, 2.24) is 5.32 Å². The van der Waals surface area contributed by atoms with Gasteiger partial charge in [0.15, 0.2) is 0 Å². The summed E-state index contributed by atoms with van der Waals surface area (Å²) in [6.07, 6.45) is 11.7. The maximum absolute atomic E-state index is 3.65. The smallest absolute Gasteiger partial charge is 0.0323 e. The van der Waals surface area contributed by atoms with Gasteiger partial charge in [-0.3, -0.25) is 0 Å². The van der Waals surface area contributed by atoms with Crippen LogP contribution in [-0.4, -0.2) is 7.05 Å². The molecule has 3 fully saturated rings. The van der Waals surface area contributed by atoms with Crippen molar-refractivity contribution < 1.29 is 0 Å². The third-order valence-corrected chi connectivity index (χ3v) is 6.69. The Bertz CT molecular complexity index is 490. The predicted molar refractivity (Wildman–Crippen MR) is 88.4 cm³/mol. The fourth-order valence-corrected chi connectivity index (χ4v) is 5.29. The molecule has 1 N–H and O–H groups in total. The van der Waals surface area contributed by atoms with E-state index in [0.717, 1.165) is 23.7 Å². The predicted octanol–water partition coefficient (Wildman–Crippen LogP) is 5.04. The third kappa shape index (κ3) is 2.54. The highest BCUT2D eigenvalue weighted by atomic mass is 14.9. The van der Waals surface area contributed by atoms with Crippen LogP contribution in [0.25, 0.3) is 0 Å². The minimum absolute atomic E-state index is 0.575. The van der Waals surface area contributed by atoms with Gasteiger partial charge in [-0.15, -0.1) is 0 Å². The van der Waals surface area contributed by atoms with Crippen LogP contribution < -0.4 is 5.32 Å². The molecule has 3 saturated carbocycles. The highest BCUT2D eigenvalue weighted by Crippen LogP contribution is 2.51. The summed E-state index contributed by atoms with van der Waals surface area (Å²) in [6, 6.07) is 9.84. The first kappa shape index (κ1) is 13.8. The summed E-state index contributed by atoms with van der Waals surface area (Å²) in [5.74, 6) is 3.94. The number of fused-ring (bicyclic) bond motifs is 2. The second kappa shape index (κ2) is 5.76. The zero-order valence-corrected chi connectivity index (χ0v) is 13.4. The van der Waals surface area contributed by atoms with Crippen LogP contribution in [0.15, 0.2) is 24.3 Å². The van der Waals surface area contributed by atoms with Gasteiger partial charge < -0.3 is 5.32 Å². The van der Waals surface area contributed by atoms with Crippen molar-refractivity contribution in [2.45, 2.75) is 63.3 Å². The molecule has 1 aromatic carbocycles. The molecule has 3 aliphatic carbocycles. The molecule has 4 atom stereocenters. The molecule has 0 heterocycles. The van der Waals surface area contributed by atoms with Gasteiger partial charge in [-0.2, -0.15) is 0 Å². The second-order valence-electron chi connectivity index (χ2n) is 7.77. The average molecular weight is 283 g/mol. The van der Waals surface area contributed by atoms with Gasteiger partial charge in [0, 0.05) is 6.04 Å². The number of hydrogen-bond acceptors (Lipinski definition) is 1. The standard InChI is InChI=1S/C20H29N/c1-21-20(13-17-12-14-9-10-16(17)11-14)19-8-3-2-7-18(19)15-5-4-6-15/h2-3,7-8,14-17,20-21H,4-6,9-13H2,1H3. The van der Waals surface area contributed by atoms with Crippen LogP contribution in [0.1, 0.15) is 74.5 Å². The molecule has 1 aromatic rings. The largest absolute Gasteiger partial charge is 0.313 e. The van der Waals surface area contributed by atoms with E-state index in [1.165, 1.54) is 51.4 Å². The van der Waals surface area contributed by atoms with Crippen molar-refractivity contribution in [3.63, 3.8) is 0 Å². The zero-order valence-electron chi connectivity index (χ0n) is 13.4. The SMILES string of the molecule is CNC(CC1CC2CCC1C2)c1ccccc1C1CCC1. The molecule has 0 saturated heterocycles. The topological polar surface area (TPSA) is 12.0 Å². The summed E-state index contributed by atoms with van der Waals surface area (Å²) < 4.78 is 0. The highest BCUT2D eigenvalue weighted by molar-refractivity contribution is 5.34. The van der Waals surface area contributed by atoms with Crippen molar-refractivity contribution in [2.24, 2.45) is 17.8 Å². The second-order valence-corrected chi connectivity index (χ2v) is 7.77. The Balaban J connectivity index is 1.52. The maximum atomic E-state index is 3.65. The van der Waals surface area contributed by atoms with Crippen molar-refractivity contribution in [2.75, 3.05) is 7.05 Å². The van der Waals surface area contributed by atoms with Crippen LogP contribution in [0.3, 0.4) is 0 Å². The molecule has 1 heteroatoms. The molecule has 114 valence electrons. The quantitative estimate of drug-likeness (QED) is 0.798. The molecule has 0 aliphatic heterocycles. The molecular formula is C20H29N. The van der Waals surface area contributed by atoms with Crippen molar-refractivity contribution in [3.05, 3.63) is 35.4 Å².